The van der Waals surface area contributed by atoms with E-state index in [0.29, 0.717) is 5.92 Å². The van der Waals surface area contributed by atoms with Crippen molar-refractivity contribution in [2.24, 2.45) is 15.9 Å². The second-order valence-electron chi connectivity index (χ2n) is 7.47. The maximum absolute atomic E-state index is 5.06. The summed E-state index contributed by atoms with van der Waals surface area (Å²) in [6.45, 7) is 12.2. The first-order valence-electron chi connectivity index (χ1n) is 12.0. The number of allylic oxidation sites excluding steroid dienone is 1. The highest BCUT2D eigenvalue weighted by molar-refractivity contribution is 6.06. The van der Waals surface area contributed by atoms with Gasteiger partial charge in [-0.05, 0) is 50.3 Å². The summed E-state index contributed by atoms with van der Waals surface area (Å²) in [4.78, 5) is 13.9. The van der Waals surface area contributed by atoms with Crippen LogP contribution < -0.4 is 5.32 Å². The van der Waals surface area contributed by atoms with E-state index in [4.69, 9.17) is 4.99 Å². The van der Waals surface area contributed by atoms with Crippen LogP contribution in [-0.4, -0.2) is 16.4 Å². The molecule has 0 atom stereocenters. The molecule has 2 heterocycles. The van der Waals surface area contributed by atoms with Gasteiger partial charge < -0.3 is 5.32 Å². The second kappa shape index (κ2) is 13.4. The quantitative estimate of drug-likeness (QED) is 0.510. The summed E-state index contributed by atoms with van der Waals surface area (Å²) in [5.74, 6) is 0.621. The molecule has 4 nitrogen and oxygen atoms in total. The molecule has 1 saturated carbocycles. The molecule has 0 radical (unpaired) electrons. The summed E-state index contributed by atoms with van der Waals surface area (Å²) in [5.41, 5.74) is 7.56. The van der Waals surface area contributed by atoms with E-state index in [2.05, 4.69) is 52.5 Å². The minimum absolute atomic E-state index is 0.621. The van der Waals surface area contributed by atoms with Crippen molar-refractivity contribution < 1.29 is 0 Å². The lowest BCUT2D eigenvalue weighted by atomic mass is 9.82. The van der Waals surface area contributed by atoms with E-state index >= 15 is 0 Å². The Hall–Kier alpha value is -3.01. The highest BCUT2D eigenvalue weighted by Crippen LogP contribution is 2.30. The molecule has 0 bridgehead atoms. The molecule has 32 heavy (non-hydrogen) atoms. The zero-order valence-corrected chi connectivity index (χ0v) is 20.5. The van der Waals surface area contributed by atoms with Crippen molar-refractivity contribution in [3.05, 3.63) is 83.6 Å². The van der Waals surface area contributed by atoms with Crippen molar-refractivity contribution in [1.29, 1.82) is 0 Å². The minimum Gasteiger partial charge on any atom is -0.357 e. The molecule has 2 aliphatic rings. The Morgan fingerprint density at radius 1 is 1.03 bits per heavy atom. The Morgan fingerprint density at radius 2 is 1.75 bits per heavy atom. The number of hydrogen-bond acceptors (Lipinski definition) is 4. The van der Waals surface area contributed by atoms with Gasteiger partial charge in [0.2, 0.25) is 0 Å². The van der Waals surface area contributed by atoms with E-state index in [-0.39, 0.29) is 0 Å². The highest BCUT2D eigenvalue weighted by atomic mass is 15.0. The summed E-state index contributed by atoms with van der Waals surface area (Å²) < 4.78 is 0. The molecular formula is C28H38N4. The minimum atomic E-state index is 0.621. The Bertz CT molecular complexity index is 947. The van der Waals surface area contributed by atoms with E-state index in [0.717, 1.165) is 34.8 Å². The van der Waals surface area contributed by atoms with Gasteiger partial charge in [-0.25, -0.2) is 0 Å². The number of hydrogen-bond donors (Lipinski definition) is 1. The van der Waals surface area contributed by atoms with Crippen LogP contribution in [0.1, 0.15) is 77.6 Å². The van der Waals surface area contributed by atoms with Gasteiger partial charge in [-0.1, -0.05) is 64.4 Å². The normalized spacial score (nSPS) is 16.9. The lowest BCUT2D eigenvalue weighted by Crippen LogP contribution is -2.21. The maximum Gasteiger partial charge on any atom is 0.0954 e. The van der Waals surface area contributed by atoms with Crippen molar-refractivity contribution in [2.75, 3.05) is 0 Å². The first kappa shape index (κ1) is 25.3. The average Bonchev–Trinajstić information content (AvgIpc) is 2.81. The summed E-state index contributed by atoms with van der Waals surface area (Å²) in [6, 6.07) is 14.7. The largest absolute Gasteiger partial charge is 0.357 e. The number of nitrogens with zero attached hydrogens (tertiary/aromatic N) is 3. The van der Waals surface area contributed by atoms with Crippen LogP contribution in [-0.2, 0) is 6.42 Å². The first-order valence-corrected chi connectivity index (χ1v) is 12.0. The van der Waals surface area contributed by atoms with E-state index in [1.54, 1.807) is 6.20 Å². The highest BCUT2D eigenvalue weighted by Gasteiger charge is 2.22. The second-order valence-corrected chi connectivity index (χ2v) is 7.47. The van der Waals surface area contributed by atoms with Crippen LogP contribution in [0.15, 0.2) is 76.7 Å². The molecule has 1 aliphatic carbocycles. The summed E-state index contributed by atoms with van der Waals surface area (Å²) in [5, 5.41) is 3.35. The molecule has 4 rings (SSSR count). The summed E-state index contributed by atoms with van der Waals surface area (Å²) in [7, 11) is 0. The maximum atomic E-state index is 5.06. The van der Waals surface area contributed by atoms with Crippen LogP contribution >= 0.6 is 0 Å². The van der Waals surface area contributed by atoms with Crippen molar-refractivity contribution in [3.8, 4) is 0 Å². The van der Waals surface area contributed by atoms with Gasteiger partial charge in [0.25, 0.3) is 0 Å². The first-order chi connectivity index (χ1) is 15.7. The molecule has 1 aromatic carbocycles. The van der Waals surface area contributed by atoms with Gasteiger partial charge >= 0.3 is 0 Å². The fraction of sp³-hybridized carbons (Fsp3) is 0.393. The predicted octanol–water partition coefficient (Wildman–Crippen LogP) is 7.19. The molecule has 1 aromatic heterocycles. The monoisotopic (exact) mass is 430 g/mol. The topological polar surface area (TPSA) is 49.6 Å². The fourth-order valence-electron chi connectivity index (χ4n) is 3.53. The van der Waals surface area contributed by atoms with Crippen LogP contribution in [0.4, 0.5) is 0 Å². The molecule has 1 N–H and O–H groups in total. The predicted molar refractivity (Wildman–Crippen MR) is 139 cm³/mol. The molecule has 0 unspecified atom stereocenters. The third kappa shape index (κ3) is 6.74. The molecule has 1 aliphatic heterocycles. The van der Waals surface area contributed by atoms with E-state index in [9.17, 15) is 0 Å². The Labute approximate surface area is 194 Å². The van der Waals surface area contributed by atoms with Crippen molar-refractivity contribution in [2.45, 2.75) is 67.2 Å². The number of benzene rings is 1. The molecule has 0 amide bonds. The van der Waals surface area contributed by atoms with E-state index in [1.807, 2.05) is 59.1 Å². The number of pyridine rings is 1. The van der Waals surface area contributed by atoms with Gasteiger partial charge in [-0.3, -0.25) is 15.0 Å². The van der Waals surface area contributed by atoms with Crippen LogP contribution in [0.5, 0.6) is 0 Å². The van der Waals surface area contributed by atoms with Crippen molar-refractivity contribution in [3.63, 3.8) is 0 Å². The van der Waals surface area contributed by atoms with Gasteiger partial charge in [-0.2, -0.15) is 0 Å². The van der Waals surface area contributed by atoms with Gasteiger partial charge in [-0.15, -0.1) is 0 Å². The molecule has 170 valence electrons. The molecule has 2 aromatic rings. The zero-order valence-electron chi connectivity index (χ0n) is 20.5. The van der Waals surface area contributed by atoms with Gasteiger partial charge in [0.05, 0.1) is 17.1 Å². The standard InChI is InChI=1S/C24H26N4.2C2H6/c1-17(20-6-5-7-20)28-24(23-18(2)25-14-15-27-23)21-11-9-19(10-12-21)16-22-8-3-4-13-26-22;2*1-2/h3-4,8-15,20,27H,5-7,16H2,1-2H3;2*1-2H3/b24-23-,28-17?;;. The Kier molecular flexibility index (Phi) is 10.6. The third-order valence-electron chi connectivity index (χ3n) is 5.49. The van der Waals surface area contributed by atoms with Gasteiger partial charge in [0.1, 0.15) is 0 Å². The number of aromatic nitrogens is 1. The smallest absolute Gasteiger partial charge is 0.0954 e. The molecule has 0 saturated heterocycles. The molecule has 4 heteroatoms. The molecule has 1 fully saturated rings. The van der Waals surface area contributed by atoms with Gasteiger partial charge in [0, 0.05) is 42.0 Å². The number of nitrogens with one attached hydrogen (secondary N) is 1. The van der Waals surface area contributed by atoms with Crippen molar-refractivity contribution >= 4 is 17.1 Å². The lowest BCUT2D eigenvalue weighted by Gasteiger charge is -2.26. The molecule has 0 spiro atoms. The SMILES string of the molecule is CC.CC.CC1=NC=CN/C1=C(\N=C(C)C1CCC1)c1ccc(Cc2ccccn2)cc1. The average molecular weight is 431 g/mol. The Morgan fingerprint density at radius 3 is 2.31 bits per heavy atom. The van der Waals surface area contributed by atoms with Crippen LogP contribution in [0.3, 0.4) is 0 Å². The van der Waals surface area contributed by atoms with Crippen LogP contribution in [0.2, 0.25) is 0 Å². The number of aliphatic imine (C=N–C) groups is 2. The third-order valence-corrected chi connectivity index (χ3v) is 5.49. The Balaban J connectivity index is 0.000000860. The van der Waals surface area contributed by atoms with E-state index in [1.165, 1.54) is 30.5 Å². The van der Waals surface area contributed by atoms with E-state index < -0.39 is 0 Å². The number of rotatable bonds is 5. The fourth-order valence-corrected chi connectivity index (χ4v) is 3.53. The summed E-state index contributed by atoms with van der Waals surface area (Å²) in [6.07, 6.45) is 10.1. The van der Waals surface area contributed by atoms with Gasteiger partial charge in [0.15, 0.2) is 0 Å². The van der Waals surface area contributed by atoms with Crippen LogP contribution in [0, 0.1) is 5.92 Å². The van der Waals surface area contributed by atoms with Crippen molar-refractivity contribution in [1.82, 2.24) is 10.3 Å². The lowest BCUT2D eigenvalue weighted by molar-refractivity contribution is 0.412. The molecular weight excluding hydrogens is 392 g/mol. The van der Waals surface area contributed by atoms with Crippen LogP contribution in [0.25, 0.3) is 5.70 Å². The summed E-state index contributed by atoms with van der Waals surface area (Å²) >= 11 is 0. The zero-order chi connectivity index (χ0) is 23.3.